The van der Waals surface area contributed by atoms with Crippen molar-refractivity contribution in [2.24, 2.45) is 0 Å². The molecule has 0 aliphatic carbocycles. The van der Waals surface area contributed by atoms with Gasteiger partial charge in [-0.3, -0.25) is 4.79 Å². The standard InChI is InChI=1S/C26H26N4O2S/c1-17-7-9-20(10-8-17)25-27-24(28-32-25)22-11-12-23(33-22)26(31)29-13-14-30(19(3)16-29)21-6-4-5-18(2)15-21/h4-12,15,19H,13-14,16H2,1-3H3/t19-/m0/s1. The van der Waals surface area contributed by atoms with Crippen LogP contribution in [0.3, 0.4) is 0 Å². The Kier molecular flexibility index (Phi) is 5.72. The smallest absolute Gasteiger partial charge is 0.264 e. The summed E-state index contributed by atoms with van der Waals surface area (Å²) in [6, 6.07) is 20.5. The van der Waals surface area contributed by atoms with E-state index in [0.29, 0.717) is 29.7 Å². The molecule has 0 unspecified atom stereocenters. The van der Waals surface area contributed by atoms with Crippen molar-refractivity contribution in [1.29, 1.82) is 0 Å². The Hall–Kier alpha value is -3.45. The van der Waals surface area contributed by atoms with Crippen LogP contribution in [0.25, 0.3) is 22.2 Å². The third-order valence-corrected chi connectivity index (χ3v) is 7.08. The third kappa shape index (κ3) is 4.41. The first kappa shape index (κ1) is 21.4. The molecule has 1 fully saturated rings. The van der Waals surface area contributed by atoms with Crippen LogP contribution >= 0.6 is 11.3 Å². The zero-order valence-electron chi connectivity index (χ0n) is 19.0. The second-order valence-corrected chi connectivity index (χ2v) is 9.67. The topological polar surface area (TPSA) is 62.5 Å². The van der Waals surface area contributed by atoms with E-state index in [-0.39, 0.29) is 11.9 Å². The number of nitrogens with zero attached hydrogens (tertiary/aromatic N) is 4. The van der Waals surface area contributed by atoms with Gasteiger partial charge in [0.1, 0.15) is 0 Å². The molecule has 33 heavy (non-hydrogen) atoms. The average molecular weight is 459 g/mol. The molecule has 6 nitrogen and oxygen atoms in total. The highest BCUT2D eigenvalue weighted by molar-refractivity contribution is 7.17. The number of anilines is 1. The highest BCUT2D eigenvalue weighted by Crippen LogP contribution is 2.30. The predicted octanol–water partition coefficient (Wildman–Crippen LogP) is 5.43. The summed E-state index contributed by atoms with van der Waals surface area (Å²) >= 11 is 1.41. The average Bonchev–Trinajstić information content (AvgIpc) is 3.49. The Morgan fingerprint density at radius 2 is 1.85 bits per heavy atom. The quantitative estimate of drug-likeness (QED) is 0.408. The number of benzene rings is 2. The highest BCUT2D eigenvalue weighted by atomic mass is 32.1. The van der Waals surface area contributed by atoms with E-state index in [4.69, 9.17) is 4.52 Å². The van der Waals surface area contributed by atoms with Crippen molar-refractivity contribution >= 4 is 22.9 Å². The fraction of sp³-hybridized carbons (Fsp3) is 0.269. The molecule has 1 aliphatic rings. The minimum absolute atomic E-state index is 0.0595. The van der Waals surface area contributed by atoms with E-state index in [1.165, 1.54) is 28.2 Å². The van der Waals surface area contributed by atoms with Gasteiger partial charge in [0.15, 0.2) is 0 Å². The molecule has 5 rings (SSSR count). The van der Waals surface area contributed by atoms with E-state index in [2.05, 4.69) is 53.2 Å². The summed E-state index contributed by atoms with van der Waals surface area (Å²) in [4.78, 5) is 23.6. The SMILES string of the molecule is Cc1ccc(-c2nc(-c3ccc(C(=O)N4CCN(c5cccc(C)c5)[C@@H](C)C4)s3)no2)cc1. The van der Waals surface area contributed by atoms with Crippen molar-refractivity contribution < 1.29 is 9.32 Å². The molecule has 1 amide bonds. The molecule has 0 spiro atoms. The normalized spacial score (nSPS) is 16.3. The molecule has 7 heteroatoms. The maximum absolute atomic E-state index is 13.2. The zero-order chi connectivity index (χ0) is 22.9. The van der Waals surface area contributed by atoms with Gasteiger partial charge in [0.05, 0.1) is 9.75 Å². The summed E-state index contributed by atoms with van der Waals surface area (Å²) in [6.07, 6.45) is 0. The van der Waals surface area contributed by atoms with Gasteiger partial charge in [-0.05, 0) is 62.7 Å². The Morgan fingerprint density at radius 3 is 2.61 bits per heavy atom. The predicted molar refractivity (Wildman–Crippen MR) is 132 cm³/mol. The van der Waals surface area contributed by atoms with Gasteiger partial charge in [-0.25, -0.2) is 0 Å². The summed E-state index contributed by atoms with van der Waals surface area (Å²) in [5, 5.41) is 4.13. The summed E-state index contributed by atoms with van der Waals surface area (Å²) < 4.78 is 5.45. The van der Waals surface area contributed by atoms with Crippen molar-refractivity contribution in [3.05, 3.63) is 76.7 Å². The number of hydrogen-bond donors (Lipinski definition) is 0. The molecule has 3 heterocycles. The largest absolute Gasteiger partial charge is 0.365 e. The first-order valence-electron chi connectivity index (χ1n) is 11.1. The molecule has 1 aliphatic heterocycles. The lowest BCUT2D eigenvalue weighted by Crippen LogP contribution is -2.53. The molecule has 0 radical (unpaired) electrons. The van der Waals surface area contributed by atoms with Crippen molar-refractivity contribution in [1.82, 2.24) is 15.0 Å². The molecule has 0 bridgehead atoms. The zero-order valence-corrected chi connectivity index (χ0v) is 19.8. The molecule has 1 atom stereocenters. The number of piperazine rings is 1. The van der Waals surface area contributed by atoms with Crippen molar-refractivity contribution in [2.45, 2.75) is 26.8 Å². The molecule has 168 valence electrons. The maximum atomic E-state index is 13.2. The van der Waals surface area contributed by atoms with E-state index in [1.807, 2.05) is 48.2 Å². The van der Waals surface area contributed by atoms with E-state index in [9.17, 15) is 4.79 Å². The summed E-state index contributed by atoms with van der Waals surface area (Å²) in [7, 11) is 0. The lowest BCUT2D eigenvalue weighted by Gasteiger charge is -2.41. The fourth-order valence-electron chi connectivity index (χ4n) is 4.20. The molecule has 2 aromatic carbocycles. The molecular weight excluding hydrogens is 432 g/mol. The summed E-state index contributed by atoms with van der Waals surface area (Å²) in [5.74, 6) is 1.05. The number of aromatic nitrogens is 2. The Labute approximate surface area is 197 Å². The van der Waals surface area contributed by atoms with Crippen LogP contribution in [0.4, 0.5) is 5.69 Å². The third-order valence-electron chi connectivity index (χ3n) is 6.01. The Bertz CT molecular complexity index is 1280. The molecular formula is C26H26N4O2S. The summed E-state index contributed by atoms with van der Waals surface area (Å²) in [5.41, 5.74) is 4.52. The molecule has 4 aromatic rings. The van der Waals surface area contributed by atoms with Gasteiger partial charge in [0, 0.05) is 36.9 Å². The lowest BCUT2D eigenvalue weighted by molar-refractivity contribution is 0.0731. The highest BCUT2D eigenvalue weighted by Gasteiger charge is 2.28. The number of carbonyl (C=O) groups excluding carboxylic acids is 1. The van der Waals surface area contributed by atoms with Crippen LogP contribution in [-0.4, -0.2) is 46.6 Å². The lowest BCUT2D eigenvalue weighted by atomic mass is 10.1. The minimum Gasteiger partial charge on any atom is -0.365 e. The van der Waals surface area contributed by atoms with Crippen LogP contribution in [0.15, 0.2) is 65.2 Å². The molecule has 1 saturated heterocycles. The van der Waals surface area contributed by atoms with Crippen molar-refractivity contribution in [3.63, 3.8) is 0 Å². The van der Waals surface area contributed by atoms with Gasteiger partial charge in [-0.1, -0.05) is 35.0 Å². The number of thiophene rings is 1. The van der Waals surface area contributed by atoms with Gasteiger partial charge in [0.25, 0.3) is 11.8 Å². The van der Waals surface area contributed by atoms with Crippen LogP contribution < -0.4 is 4.90 Å². The first-order valence-corrected chi connectivity index (χ1v) is 11.9. The van der Waals surface area contributed by atoms with Crippen LogP contribution in [0, 0.1) is 13.8 Å². The Morgan fingerprint density at radius 1 is 1.03 bits per heavy atom. The Balaban J connectivity index is 1.28. The van der Waals surface area contributed by atoms with Gasteiger partial charge in [-0.2, -0.15) is 4.98 Å². The van der Waals surface area contributed by atoms with Gasteiger partial charge < -0.3 is 14.3 Å². The molecule has 0 saturated carbocycles. The summed E-state index contributed by atoms with van der Waals surface area (Å²) in [6.45, 7) is 8.53. The van der Waals surface area contributed by atoms with Crippen LogP contribution in [0.2, 0.25) is 0 Å². The molecule has 2 aromatic heterocycles. The van der Waals surface area contributed by atoms with Crippen molar-refractivity contribution in [2.75, 3.05) is 24.5 Å². The van der Waals surface area contributed by atoms with Crippen LogP contribution in [0.1, 0.15) is 27.7 Å². The maximum Gasteiger partial charge on any atom is 0.264 e. The van der Waals surface area contributed by atoms with Crippen molar-refractivity contribution in [3.8, 4) is 22.2 Å². The van der Waals surface area contributed by atoms with E-state index in [0.717, 1.165) is 17.0 Å². The van der Waals surface area contributed by atoms with Crippen LogP contribution in [-0.2, 0) is 0 Å². The van der Waals surface area contributed by atoms with Gasteiger partial charge in [-0.15, -0.1) is 11.3 Å². The number of aryl methyl sites for hydroxylation is 2. The number of hydrogen-bond acceptors (Lipinski definition) is 6. The minimum atomic E-state index is 0.0595. The second-order valence-electron chi connectivity index (χ2n) is 8.59. The fourth-order valence-corrected chi connectivity index (χ4v) is 5.10. The first-order chi connectivity index (χ1) is 16.0. The molecule has 0 N–H and O–H groups in total. The van der Waals surface area contributed by atoms with E-state index in [1.54, 1.807) is 0 Å². The second kappa shape index (κ2) is 8.83. The monoisotopic (exact) mass is 458 g/mol. The van der Waals surface area contributed by atoms with Crippen LogP contribution in [0.5, 0.6) is 0 Å². The number of rotatable bonds is 4. The van der Waals surface area contributed by atoms with E-state index >= 15 is 0 Å². The number of carbonyl (C=O) groups is 1. The number of amides is 1. The van der Waals surface area contributed by atoms with Gasteiger partial charge in [0.2, 0.25) is 5.82 Å². The van der Waals surface area contributed by atoms with Gasteiger partial charge >= 0.3 is 0 Å². The van der Waals surface area contributed by atoms with E-state index < -0.39 is 0 Å².